The Bertz CT molecular complexity index is 1180. The van der Waals surface area contributed by atoms with Crippen LogP contribution in [0, 0.1) is 0 Å². The molecule has 33 heavy (non-hydrogen) atoms. The maximum atomic E-state index is 13.0. The number of amidine groups is 1. The van der Waals surface area contributed by atoms with Gasteiger partial charge in [-0.2, -0.15) is 10.1 Å². The Morgan fingerprint density at radius 1 is 1.39 bits per heavy atom. The van der Waals surface area contributed by atoms with Crippen LogP contribution in [0.3, 0.4) is 0 Å². The van der Waals surface area contributed by atoms with E-state index < -0.39 is 12.1 Å². The summed E-state index contributed by atoms with van der Waals surface area (Å²) in [5, 5.41) is 21.7. The van der Waals surface area contributed by atoms with E-state index in [1.165, 1.54) is 5.01 Å². The Kier molecular flexibility index (Phi) is 6.30. The van der Waals surface area contributed by atoms with Gasteiger partial charge in [0.2, 0.25) is 0 Å². The number of hydrogen-bond donors (Lipinski definition) is 3. The molecule has 2 aliphatic rings. The average molecular weight is 452 g/mol. The van der Waals surface area contributed by atoms with Crippen molar-refractivity contribution in [3.05, 3.63) is 53.3 Å². The number of nitrogens with one attached hydrogen (secondary N) is 2. The lowest BCUT2D eigenvalue weighted by Crippen LogP contribution is -2.45. The smallest absolute Gasteiger partial charge is 0.251 e. The van der Waals surface area contributed by atoms with Crippen molar-refractivity contribution in [3.8, 4) is 0 Å². The second-order valence-electron chi connectivity index (χ2n) is 8.33. The first-order chi connectivity index (χ1) is 15.8. The van der Waals surface area contributed by atoms with Gasteiger partial charge in [0.1, 0.15) is 11.5 Å². The van der Waals surface area contributed by atoms with Crippen LogP contribution in [0.25, 0.3) is 11.3 Å². The average Bonchev–Trinajstić information content (AvgIpc) is 3.46. The summed E-state index contributed by atoms with van der Waals surface area (Å²) in [4.78, 5) is 21.9. The number of imidazole rings is 1. The van der Waals surface area contributed by atoms with Crippen molar-refractivity contribution in [1.82, 2.24) is 25.0 Å². The van der Waals surface area contributed by atoms with E-state index in [-0.39, 0.29) is 19.1 Å². The number of rotatable bonds is 5. The van der Waals surface area contributed by atoms with Crippen LogP contribution in [0.4, 0.5) is 0 Å². The van der Waals surface area contributed by atoms with Crippen molar-refractivity contribution in [1.29, 1.82) is 0 Å². The van der Waals surface area contributed by atoms with Gasteiger partial charge in [-0.25, -0.2) is 4.98 Å². The lowest BCUT2D eigenvalue weighted by Gasteiger charge is -2.30. The van der Waals surface area contributed by atoms with Crippen LogP contribution < -0.4 is 10.6 Å². The van der Waals surface area contributed by atoms with Crippen LogP contribution in [-0.4, -0.2) is 70.4 Å². The Hall–Kier alpha value is -3.50. The van der Waals surface area contributed by atoms with Gasteiger partial charge in [-0.1, -0.05) is 19.9 Å². The highest BCUT2D eigenvalue weighted by atomic mass is 16.5. The zero-order valence-corrected chi connectivity index (χ0v) is 19.2. The third kappa shape index (κ3) is 4.14. The third-order valence-corrected chi connectivity index (χ3v) is 5.87. The molecular formula is C23H29N7O3. The molecule has 2 aliphatic heterocycles. The van der Waals surface area contributed by atoms with E-state index in [0.717, 1.165) is 22.6 Å². The second kappa shape index (κ2) is 9.16. The molecule has 0 saturated carbocycles. The summed E-state index contributed by atoms with van der Waals surface area (Å²) in [6, 6.07) is 3.62. The van der Waals surface area contributed by atoms with Crippen molar-refractivity contribution >= 4 is 29.8 Å². The number of ether oxygens (including phenoxy) is 1. The third-order valence-electron chi connectivity index (χ3n) is 5.87. The van der Waals surface area contributed by atoms with Crippen LogP contribution in [0.1, 0.15) is 37.9 Å². The molecule has 0 aliphatic carbocycles. The minimum Gasteiger partial charge on any atom is -0.388 e. The van der Waals surface area contributed by atoms with Gasteiger partial charge in [0.05, 0.1) is 42.3 Å². The zero-order chi connectivity index (χ0) is 23.7. The largest absolute Gasteiger partial charge is 0.388 e. The Morgan fingerprint density at radius 2 is 2.18 bits per heavy atom. The van der Waals surface area contributed by atoms with E-state index in [2.05, 4.69) is 52.3 Å². The van der Waals surface area contributed by atoms with Crippen LogP contribution in [-0.2, 0) is 9.53 Å². The molecule has 1 saturated heterocycles. The Morgan fingerprint density at radius 3 is 2.82 bits per heavy atom. The monoisotopic (exact) mass is 451 g/mol. The number of aromatic nitrogens is 2. The first-order valence-corrected chi connectivity index (χ1v) is 10.8. The number of hydrazone groups is 1. The number of fused-ring (bicyclic) bond motifs is 1. The molecule has 2 aromatic rings. The van der Waals surface area contributed by atoms with Crippen molar-refractivity contribution in [2.24, 2.45) is 10.1 Å². The number of amides is 1. The molecule has 0 unspecified atom stereocenters. The summed E-state index contributed by atoms with van der Waals surface area (Å²) in [6.45, 7) is 10.1. The van der Waals surface area contributed by atoms with Gasteiger partial charge in [0, 0.05) is 32.2 Å². The Labute approximate surface area is 192 Å². The van der Waals surface area contributed by atoms with Crippen molar-refractivity contribution in [2.75, 3.05) is 20.3 Å². The summed E-state index contributed by atoms with van der Waals surface area (Å²) in [5.41, 5.74) is 3.98. The van der Waals surface area contributed by atoms with Crippen LogP contribution >= 0.6 is 0 Å². The fourth-order valence-corrected chi connectivity index (χ4v) is 3.98. The number of carbonyl (C=O) groups is 1. The molecule has 0 radical (unpaired) electrons. The van der Waals surface area contributed by atoms with Gasteiger partial charge in [0.25, 0.3) is 5.91 Å². The SMILES string of the molecule is C=NN1C(=NC)C=C(c2ccc(C(C)C)c3nccn23)N/C1=C(/C)C(=O)N[C@H]1COC[C@H]1O. The molecule has 4 rings (SSSR count). The van der Waals surface area contributed by atoms with Crippen LogP contribution in [0.5, 0.6) is 0 Å². The minimum absolute atomic E-state index is 0.200. The minimum atomic E-state index is -0.739. The number of aliphatic hydroxyl groups is 1. The molecule has 1 fully saturated rings. The van der Waals surface area contributed by atoms with Gasteiger partial charge < -0.3 is 20.5 Å². The Balaban J connectivity index is 1.75. The molecule has 0 aromatic carbocycles. The highest BCUT2D eigenvalue weighted by Crippen LogP contribution is 2.27. The maximum absolute atomic E-state index is 13.0. The number of carbonyl (C=O) groups excluding carboxylic acids is 1. The standard InChI is InChI=1S/C23H29N7O3/c1-13(2)15-6-7-18(29-9-8-26-22(15)29)16-10-20(24-4)30(25-5)21(27-16)14(3)23(32)28-17-11-33-12-19(17)31/h6-10,13,17,19,27,31H,5,11-12H2,1-4H3,(H,28,32)/b21-14+,24-20?/t17-,19+/m0/s1. The van der Waals surface area contributed by atoms with E-state index in [1.54, 1.807) is 20.2 Å². The molecule has 4 heterocycles. The number of pyridine rings is 1. The van der Waals surface area contributed by atoms with Gasteiger partial charge >= 0.3 is 0 Å². The van der Waals surface area contributed by atoms with E-state index in [4.69, 9.17) is 4.74 Å². The van der Waals surface area contributed by atoms with Crippen molar-refractivity contribution in [2.45, 2.75) is 38.8 Å². The van der Waals surface area contributed by atoms with E-state index >= 15 is 0 Å². The van der Waals surface area contributed by atoms with Gasteiger partial charge in [-0.15, -0.1) is 0 Å². The first kappa shape index (κ1) is 22.7. The zero-order valence-electron chi connectivity index (χ0n) is 19.2. The summed E-state index contributed by atoms with van der Waals surface area (Å²) in [7, 11) is 1.65. The molecule has 0 bridgehead atoms. The highest BCUT2D eigenvalue weighted by molar-refractivity contribution is 6.03. The summed E-state index contributed by atoms with van der Waals surface area (Å²) in [5.74, 6) is 0.920. The second-order valence-corrected chi connectivity index (χ2v) is 8.33. The molecule has 1 amide bonds. The molecular weight excluding hydrogens is 422 g/mol. The van der Waals surface area contributed by atoms with Gasteiger partial charge in [-0.05, 0) is 24.5 Å². The topological polar surface area (TPSA) is 116 Å². The fraction of sp³-hybridized carbons (Fsp3) is 0.391. The predicted molar refractivity (Wildman–Crippen MR) is 127 cm³/mol. The molecule has 2 aromatic heterocycles. The normalized spacial score (nSPS) is 23.6. The van der Waals surface area contributed by atoms with E-state index in [1.807, 2.05) is 22.7 Å². The summed E-state index contributed by atoms with van der Waals surface area (Å²) in [6.07, 6.45) is 4.79. The highest BCUT2D eigenvalue weighted by Gasteiger charge is 2.31. The van der Waals surface area contributed by atoms with Crippen LogP contribution in [0.15, 0.2) is 52.1 Å². The molecule has 10 nitrogen and oxygen atoms in total. The van der Waals surface area contributed by atoms with Crippen LogP contribution in [0.2, 0.25) is 0 Å². The lowest BCUT2D eigenvalue weighted by atomic mass is 10.0. The summed E-state index contributed by atoms with van der Waals surface area (Å²) >= 11 is 0. The van der Waals surface area contributed by atoms with Gasteiger partial charge in [-0.3, -0.25) is 14.2 Å². The van der Waals surface area contributed by atoms with E-state index in [9.17, 15) is 9.90 Å². The molecule has 174 valence electrons. The summed E-state index contributed by atoms with van der Waals surface area (Å²) < 4.78 is 7.25. The first-order valence-electron chi connectivity index (χ1n) is 10.8. The molecule has 3 N–H and O–H groups in total. The maximum Gasteiger partial charge on any atom is 0.251 e. The fourth-order valence-electron chi connectivity index (χ4n) is 3.98. The number of hydrogen-bond acceptors (Lipinski definition) is 7. The molecule has 0 spiro atoms. The van der Waals surface area contributed by atoms with Crippen molar-refractivity contribution < 1.29 is 14.6 Å². The number of nitrogens with zero attached hydrogens (tertiary/aromatic N) is 5. The number of aliphatic hydroxyl groups excluding tert-OH is 1. The quantitative estimate of drug-likeness (QED) is 0.468. The van der Waals surface area contributed by atoms with Crippen molar-refractivity contribution in [3.63, 3.8) is 0 Å². The van der Waals surface area contributed by atoms with Gasteiger partial charge in [0.15, 0.2) is 5.84 Å². The van der Waals surface area contributed by atoms with E-state index in [0.29, 0.717) is 23.1 Å². The predicted octanol–water partition coefficient (Wildman–Crippen LogP) is 1.46. The molecule has 2 atom stereocenters. The number of aliphatic imine (C=N–C) groups is 1. The lowest BCUT2D eigenvalue weighted by molar-refractivity contribution is -0.118. The molecule has 10 heteroatoms.